The van der Waals surface area contributed by atoms with Crippen LogP contribution in [0.4, 0.5) is 10.1 Å². The largest absolute Gasteiger partial charge is 0.493 e. The molecule has 3 N–H and O–H groups in total. The third-order valence-electron chi connectivity index (χ3n) is 3.83. The summed E-state index contributed by atoms with van der Waals surface area (Å²) in [5, 5.41) is 14.1. The Morgan fingerprint density at radius 2 is 1.93 bits per heavy atom. The highest BCUT2D eigenvalue weighted by molar-refractivity contribution is 9.10. The maximum absolute atomic E-state index is 13.6. The van der Waals surface area contributed by atoms with Gasteiger partial charge < -0.3 is 20.5 Å². The van der Waals surface area contributed by atoms with Crippen molar-refractivity contribution < 1.29 is 23.8 Å². The van der Waals surface area contributed by atoms with Crippen LogP contribution < -0.4 is 15.4 Å². The Kier molecular flexibility index (Phi) is 7.75. The molecule has 0 fully saturated rings. The number of aliphatic hydroxyl groups is 1. The Hall–Kier alpha value is -2.45. The van der Waals surface area contributed by atoms with Gasteiger partial charge in [0.1, 0.15) is 5.82 Å². The highest BCUT2D eigenvalue weighted by Gasteiger charge is 2.22. The molecule has 2 aromatic carbocycles. The highest BCUT2D eigenvalue weighted by atomic mass is 79.9. The monoisotopic (exact) mass is 438 g/mol. The minimum atomic E-state index is -0.948. The topological polar surface area (TPSA) is 87.7 Å². The van der Waals surface area contributed by atoms with Gasteiger partial charge in [0.2, 0.25) is 0 Å². The second kappa shape index (κ2) is 10.0. The summed E-state index contributed by atoms with van der Waals surface area (Å²) < 4.78 is 19.0. The molecule has 0 aliphatic carbocycles. The first-order valence-corrected chi connectivity index (χ1v) is 9.06. The lowest BCUT2D eigenvalue weighted by Crippen LogP contribution is -2.38. The first-order valence-electron chi connectivity index (χ1n) is 8.27. The van der Waals surface area contributed by atoms with Gasteiger partial charge in [-0.3, -0.25) is 9.59 Å². The van der Waals surface area contributed by atoms with E-state index in [2.05, 4.69) is 26.6 Å². The smallest absolute Gasteiger partial charge is 0.313 e. The molecule has 0 radical (unpaired) electrons. The summed E-state index contributed by atoms with van der Waals surface area (Å²) in [6.07, 6.45) is 0.931. The number of methoxy groups -OCH3 is 1. The van der Waals surface area contributed by atoms with Gasteiger partial charge in [0.15, 0.2) is 5.75 Å². The molecule has 0 bridgehead atoms. The third kappa shape index (κ3) is 5.77. The molecule has 8 heteroatoms. The maximum atomic E-state index is 13.6. The molecule has 144 valence electrons. The molecule has 2 amide bonds. The highest BCUT2D eigenvalue weighted by Crippen LogP contribution is 2.34. The number of anilines is 1. The summed E-state index contributed by atoms with van der Waals surface area (Å²) in [5.74, 6) is -2.21. The maximum Gasteiger partial charge on any atom is 0.313 e. The van der Waals surface area contributed by atoms with Crippen LogP contribution >= 0.6 is 15.9 Å². The first-order chi connectivity index (χ1) is 13.0. The van der Waals surface area contributed by atoms with E-state index in [-0.39, 0.29) is 18.0 Å². The fourth-order valence-corrected chi connectivity index (χ4v) is 3.16. The number of rotatable bonds is 7. The van der Waals surface area contributed by atoms with E-state index in [1.54, 1.807) is 0 Å². The van der Waals surface area contributed by atoms with Gasteiger partial charge in [-0.15, -0.1) is 0 Å². The zero-order valence-electron chi connectivity index (χ0n) is 14.7. The second-order valence-electron chi connectivity index (χ2n) is 5.73. The summed E-state index contributed by atoms with van der Waals surface area (Å²) in [5.41, 5.74) is 0.856. The molecular weight excluding hydrogens is 419 g/mol. The third-order valence-corrected chi connectivity index (χ3v) is 4.41. The van der Waals surface area contributed by atoms with Crippen molar-refractivity contribution in [2.75, 3.05) is 19.0 Å². The number of carbonyl (C=O) groups excluding carboxylic acids is 2. The predicted octanol–water partition coefficient (Wildman–Crippen LogP) is 3.17. The zero-order valence-corrected chi connectivity index (χ0v) is 16.3. The van der Waals surface area contributed by atoms with E-state index in [4.69, 9.17) is 9.84 Å². The molecule has 27 heavy (non-hydrogen) atoms. The standard InChI is InChI=1S/C19H20BrFN2O4/c1-27-17-14(20)10-13(21)11-16(17)23-19(26)18(25)22-15(8-5-9-24)12-6-3-2-4-7-12/h2-4,6-7,10-11,15,24H,5,8-9H2,1H3,(H,22,25)(H,23,26). The van der Waals surface area contributed by atoms with Crippen molar-refractivity contribution in [1.29, 1.82) is 0 Å². The van der Waals surface area contributed by atoms with Crippen LogP contribution in [0.15, 0.2) is 46.9 Å². The number of hydrogen-bond acceptors (Lipinski definition) is 4. The van der Waals surface area contributed by atoms with E-state index in [1.165, 1.54) is 13.2 Å². The van der Waals surface area contributed by atoms with Gasteiger partial charge in [-0.1, -0.05) is 30.3 Å². The Morgan fingerprint density at radius 3 is 2.56 bits per heavy atom. The molecule has 6 nitrogen and oxygen atoms in total. The van der Waals surface area contributed by atoms with Gasteiger partial charge in [-0.05, 0) is 40.4 Å². The fraction of sp³-hybridized carbons (Fsp3) is 0.263. The second-order valence-corrected chi connectivity index (χ2v) is 6.58. The average molecular weight is 439 g/mol. The van der Waals surface area contributed by atoms with Crippen molar-refractivity contribution in [1.82, 2.24) is 5.32 Å². The predicted molar refractivity (Wildman–Crippen MR) is 103 cm³/mol. The molecule has 0 aromatic heterocycles. The molecule has 2 rings (SSSR count). The molecule has 1 unspecified atom stereocenters. The number of amides is 2. The zero-order chi connectivity index (χ0) is 19.8. The molecule has 0 aliphatic rings. The molecule has 0 spiro atoms. The normalized spacial score (nSPS) is 11.6. The summed E-state index contributed by atoms with van der Waals surface area (Å²) in [6, 6.07) is 11.0. The van der Waals surface area contributed by atoms with Crippen LogP contribution in [0, 0.1) is 5.82 Å². The van der Waals surface area contributed by atoms with Crippen LogP contribution in [0.25, 0.3) is 0 Å². The van der Waals surface area contributed by atoms with E-state index < -0.39 is 23.7 Å². The van der Waals surface area contributed by atoms with Crippen LogP contribution in [0.2, 0.25) is 0 Å². The van der Waals surface area contributed by atoms with Gasteiger partial charge in [-0.2, -0.15) is 0 Å². The Bertz CT molecular complexity index is 802. The first kappa shape index (κ1) is 20.9. The van der Waals surface area contributed by atoms with Crippen LogP contribution in [0.3, 0.4) is 0 Å². The lowest BCUT2D eigenvalue weighted by molar-refractivity contribution is -0.136. The molecule has 0 heterocycles. The Morgan fingerprint density at radius 1 is 1.22 bits per heavy atom. The average Bonchev–Trinajstić information content (AvgIpc) is 2.65. The summed E-state index contributed by atoms with van der Waals surface area (Å²) in [7, 11) is 1.37. The van der Waals surface area contributed by atoms with Crippen molar-refractivity contribution in [3.8, 4) is 5.75 Å². The van der Waals surface area contributed by atoms with Crippen molar-refractivity contribution in [3.05, 3.63) is 58.3 Å². The Labute approximate surface area is 164 Å². The van der Waals surface area contributed by atoms with E-state index >= 15 is 0 Å². The minimum Gasteiger partial charge on any atom is -0.493 e. The number of halogens is 2. The van der Waals surface area contributed by atoms with Crippen molar-refractivity contribution in [2.24, 2.45) is 0 Å². The molecule has 0 aliphatic heterocycles. The van der Waals surface area contributed by atoms with Crippen molar-refractivity contribution >= 4 is 33.4 Å². The van der Waals surface area contributed by atoms with Crippen molar-refractivity contribution in [2.45, 2.75) is 18.9 Å². The van der Waals surface area contributed by atoms with Gasteiger partial charge in [0.25, 0.3) is 0 Å². The van der Waals surface area contributed by atoms with Crippen LogP contribution in [-0.4, -0.2) is 30.6 Å². The van der Waals surface area contributed by atoms with Gasteiger partial charge in [0.05, 0.1) is 23.3 Å². The van der Waals surface area contributed by atoms with Gasteiger partial charge >= 0.3 is 11.8 Å². The molecule has 0 saturated heterocycles. The fourth-order valence-electron chi connectivity index (χ4n) is 2.57. The van der Waals surface area contributed by atoms with Crippen LogP contribution in [0.1, 0.15) is 24.4 Å². The number of nitrogens with one attached hydrogen (secondary N) is 2. The van der Waals surface area contributed by atoms with Crippen molar-refractivity contribution in [3.63, 3.8) is 0 Å². The van der Waals surface area contributed by atoms with E-state index in [9.17, 15) is 14.0 Å². The quantitative estimate of drug-likeness (QED) is 0.579. The van der Waals surface area contributed by atoms with E-state index in [0.717, 1.165) is 11.6 Å². The Balaban J connectivity index is 2.13. The number of benzene rings is 2. The van der Waals surface area contributed by atoms with E-state index in [0.29, 0.717) is 17.3 Å². The summed E-state index contributed by atoms with van der Waals surface area (Å²) in [4.78, 5) is 24.6. The lowest BCUT2D eigenvalue weighted by atomic mass is 10.0. The summed E-state index contributed by atoms with van der Waals surface area (Å²) in [6.45, 7) is -0.0279. The van der Waals surface area contributed by atoms with E-state index in [1.807, 2.05) is 30.3 Å². The molecular formula is C19H20BrFN2O4. The minimum absolute atomic E-state index is 0.0279. The van der Waals surface area contributed by atoms with Gasteiger partial charge in [-0.25, -0.2) is 4.39 Å². The lowest BCUT2D eigenvalue weighted by Gasteiger charge is -2.19. The number of carbonyl (C=O) groups is 2. The van der Waals surface area contributed by atoms with Crippen LogP contribution in [0.5, 0.6) is 5.75 Å². The van der Waals surface area contributed by atoms with Gasteiger partial charge in [0, 0.05) is 12.7 Å². The molecule has 0 saturated carbocycles. The SMILES string of the molecule is COc1c(Br)cc(F)cc1NC(=O)C(=O)NC(CCCO)c1ccccc1. The van der Waals surface area contributed by atoms with Crippen LogP contribution in [-0.2, 0) is 9.59 Å². The number of ether oxygens (including phenoxy) is 1. The summed E-state index contributed by atoms with van der Waals surface area (Å²) >= 11 is 3.14. The molecule has 2 aromatic rings. The molecule has 1 atom stereocenters. The number of aliphatic hydroxyl groups excluding tert-OH is 1. The number of hydrogen-bond donors (Lipinski definition) is 3.